The van der Waals surface area contributed by atoms with E-state index < -0.39 is 5.82 Å². The Kier molecular flexibility index (Phi) is 5.73. The molecule has 2 N–H and O–H groups in total. The van der Waals surface area contributed by atoms with Crippen LogP contribution in [0.3, 0.4) is 0 Å². The third-order valence-electron chi connectivity index (χ3n) is 3.39. The van der Waals surface area contributed by atoms with Crippen molar-refractivity contribution in [3.63, 3.8) is 0 Å². The molecule has 1 aromatic rings. The molecule has 21 heavy (non-hydrogen) atoms. The lowest BCUT2D eigenvalue weighted by atomic mass is 10.0. The van der Waals surface area contributed by atoms with Crippen LogP contribution in [0.25, 0.3) is 0 Å². The molecular formula is C16H18FNO3. The van der Waals surface area contributed by atoms with Gasteiger partial charge in [-0.1, -0.05) is 11.8 Å². The number of aliphatic hydroxyl groups excluding tert-OH is 1. The zero-order valence-electron chi connectivity index (χ0n) is 11.7. The lowest BCUT2D eigenvalue weighted by Crippen LogP contribution is -2.26. The number of hydrogen-bond donors (Lipinski definition) is 2. The molecule has 1 fully saturated rings. The molecule has 1 aliphatic rings. The maximum atomic E-state index is 13.2. The Bertz CT molecular complexity index is 556. The second-order valence-electron chi connectivity index (χ2n) is 4.92. The van der Waals surface area contributed by atoms with Crippen molar-refractivity contribution >= 4 is 5.91 Å². The molecule has 4 nitrogen and oxygen atoms in total. The molecule has 1 aromatic carbocycles. The van der Waals surface area contributed by atoms with Crippen LogP contribution in [0.4, 0.5) is 4.39 Å². The molecule has 112 valence electrons. The van der Waals surface area contributed by atoms with Crippen LogP contribution in [0.5, 0.6) is 0 Å². The van der Waals surface area contributed by atoms with Crippen LogP contribution < -0.4 is 5.32 Å². The Morgan fingerprint density at radius 2 is 2.38 bits per heavy atom. The predicted molar refractivity (Wildman–Crippen MR) is 76.2 cm³/mol. The van der Waals surface area contributed by atoms with Crippen molar-refractivity contribution < 1.29 is 19.0 Å². The van der Waals surface area contributed by atoms with E-state index in [4.69, 9.17) is 9.84 Å². The fraction of sp³-hybridized carbons (Fsp3) is 0.438. The van der Waals surface area contributed by atoms with Gasteiger partial charge in [0.05, 0.1) is 5.56 Å². The van der Waals surface area contributed by atoms with Crippen LogP contribution >= 0.6 is 0 Å². The number of carbonyl (C=O) groups is 1. The fourth-order valence-corrected chi connectivity index (χ4v) is 2.25. The summed E-state index contributed by atoms with van der Waals surface area (Å²) in [6.45, 7) is 1.76. The third kappa shape index (κ3) is 4.55. The van der Waals surface area contributed by atoms with Crippen LogP contribution in [0, 0.1) is 23.6 Å². The Morgan fingerprint density at radius 3 is 3.10 bits per heavy atom. The number of halogens is 1. The third-order valence-corrected chi connectivity index (χ3v) is 3.39. The summed E-state index contributed by atoms with van der Waals surface area (Å²) in [6, 6.07) is 3.83. The van der Waals surface area contributed by atoms with Crippen LogP contribution in [0.1, 0.15) is 28.8 Å². The summed E-state index contributed by atoms with van der Waals surface area (Å²) in [7, 11) is 0. The van der Waals surface area contributed by atoms with E-state index in [1.807, 2.05) is 0 Å². The normalized spacial score (nSPS) is 17.1. The number of benzene rings is 1. The van der Waals surface area contributed by atoms with Crippen molar-refractivity contribution in [1.82, 2.24) is 5.32 Å². The highest BCUT2D eigenvalue weighted by atomic mass is 19.1. The zero-order chi connectivity index (χ0) is 15.1. The number of aliphatic hydroxyl groups is 1. The van der Waals surface area contributed by atoms with E-state index in [0.717, 1.165) is 26.1 Å². The molecule has 0 saturated carbocycles. The van der Waals surface area contributed by atoms with Gasteiger partial charge in [-0.05, 0) is 37.0 Å². The molecule has 1 aliphatic heterocycles. The van der Waals surface area contributed by atoms with E-state index in [1.165, 1.54) is 18.2 Å². The zero-order valence-corrected chi connectivity index (χ0v) is 11.7. The summed E-state index contributed by atoms with van der Waals surface area (Å²) in [4.78, 5) is 12.1. The second kappa shape index (κ2) is 7.77. The number of amides is 1. The van der Waals surface area contributed by atoms with E-state index in [-0.39, 0.29) is 18.1 Å². The molecule has 1 amide bonds. The van der Waals surface area contributed by atoms with Crippen molar-refractivity contribution in [1.29, 1.82) is 0 Å². The molecule has 5 heteroatoms. The standard InChI is InChI=1S/C16H18FNO3/c17-14-3-4-15(13(10-14)2-1-8-19)16(20)18-7-5-12-6-9-21-11-12/h3-4,10,12,19H,5-9,11H2,(H,18,20). The minimum Gasteiger partial charge on any atom is -0.384 e. The molecule has 0 radical (unpaired) electrons. The largest absolute Gasteiger partial charge is 0.384 e. The minimum atomic E-state index is -0.461. The van der Waals surface area contributed by atoms with Gasteiger partial charge in [0, 0.05) is 25.3 Å². The van der Waals surface area contributed by atoms with Crippen LogP contribution in [-0.4, -0.2) is 37.4 Å². The Hall–Kier alpha value is -1.90. The molecule has 0 bridgehead atoms. The van der Waals surface area contributed by atoms with Crippen molar-refractivity contribution in [2.45, 2.75) is 12.8 Å². The first kappa shape index (κ1) is 15.5. The van der Waals surface area contributed by atoms with Gasteiger partial charge in [0.1, 0.15) is 12.4 Å². The van der Waals surface area contributed by atoms with Crippen molar-refractivity contribution in [2.75, 3.05) is 26.4 Å². The predicted octanol–water partition coefficient (Wildman–Crippen LogP) is 1.33. The summed E-state index contributed by atoms with van der Waals surface area (Å²) in [6.07, 6.45) is 1.89. The number of nitrogens with one attached hydrogen (secondary N) is 1. The van der Waals surface area contributed by atoms with Gasteiger partial charge in [-0.2, -0.15) is 0 Å². The van der Waals surface area contributed by atoms with Gasteiger partial charge in [-0.3, -0.25) is 4.79 Å². The van der Waals surface area contributed by atoms with E-state index in [1.54, 1.807) is 0 Å². The maximum absolute atomic E-state index is 13.2. The van der Waals surface area contributed by atoms with Gasteiger partial charge in [-0.25, -0.2) is 4.39 Å². The Morgan fingerprint density at radius 1 is 1.52 bits per heavy atom. The monoisotopic (exact) mass is 291 g/mol. The average molecular weight is 291 g/mol. The SMILES string of the molecule is O=C(NCCC1CCOC1)c1ccc(F)cc1C#CCO. The molecular weight excluding hydrogens is 273 g/mol. The van der Waals surface area contributed by atoms with Gasteiger partial charge in [-0.15, -0.1) is 0 Å². The van der Waals surface area contributed by atoms with Gasteiger partial charge in [0.2, 0.25) is 0 Å². The number of ether oxygens (including phenoxy) is 1. The quantitative estimate of drug-likeness (QED) is 0.823. The maximum Gasteiger partial charge on any atom is 0.252 e. The molecule has 1 heterocycles. The summed E-state index contributed by atoms with van der Waals surface area (Å²) in [5.74, 6) is 4.78. The van der Waals surface area contributed by atoms with Crippen LogP contribution in [-0.2, 0) is 4.74 Å². The molecule has 1 saturated heterocycles. The number of carbonyl (C=O) groups excluding carboxylic acids is 1. The summed E-state index contributed by atoms with van der Waals surface area (Å²) < 4.78 is 18.5. The summed E-state index contributed by atoms with van der Waals surface area (Å²) in [5, 5.41) is 11.5. The first-order valence-corrected chi connectivity index (χ1v) is 6.96. The molecule has 2 rings (SSSR count). The van der Waals surface area contributed by atoms with E-state index in [2.05, 4.69) is 17.2 Å². The first-order valence-electron chi connectivity index (χ1n) is 6.96. The lowest BCUT2D eigenvalue weighted by Gasteiger charge is -2.10. The highest BCUT2D eigenvalue weighted by Crippen LogP contribution is 2.15. The van der Waals surface area contributed by atoms with Crippen molar-refractivity contribution in [2.24, 2.45) is 5.92 Å². The highest BCUT2D eigenvalue weighted by Gasteiger charge is 2.16. The molecule has 0 aliphatic carbocycles. The molecule has 1 unspecified atom stereocenters. The molecule has 0 spiro atoms. The number of rotatable bonds is 4. The second-order valence-corrected chi connectivity index (χ2v) is 4.92. The van der Waals surface area contributed by atoms with Gasteiger partial charge >= 0.3 is 0 Å². The summed E-state index contributed by atoms with van der Waals surface area (Å²) in [5.41, 5.74) is 0.603. The average Bonchev–Trinajstić information content (AvgIpc) is 2.98. The topological polar surface area (TPSA) is 58.6 Å². The van der Waals surface area contributed by atoms with Crippen molar-refractivity contribution in [3.05, 3.63) is 35.1 Å². The minimum absolute atomic E-state index is 0.281. The Balaban J connectivity index is 1.97. The Labute approximate surface area is 123 Å². The van der Waals surface area contributed by atoms with E-state index in [0.29, 0.717) is 18.0 Å². The van der Waals surface area contributed by atoms with Crippen LogP contribution in [0.15, 0.2) is 18.2 Å². The van der Waals surface area contributed by atoms with Gasteiger partial charge in [0.15, 0.2) is 0 Å². The lowest BCUT2D eigenvalue weighted by molar-refractivity contribution is 0.0950. The first-order chi connectivity index (χ1) is 10.2. The van der Waals surface area contributed by atoms with Crippen LogP contribution in [0.2, 0.25) is 0 Å². The van der Waals surface area contributed by atoms with Gasteiger partial charge in [0.25, 0.3) is 5.91 Å². The number of hydrogen-bond acceptors (Lipinski definition) is 3. The molecule has 0 aromatic heterocycles. The summed E-state index contributed by atoms with van der Waals surface area (Å²) >= 11 is 0. The molecule has 1 atom stereocenters. The highest BCUT2D eigenvalue weighted by molar-refractivity contribution is 5.96. The van der Waals surface area contributed by atoms with Crippen molar-refractivity contribution in [3.8, 4) is 11.8 Å². The van der Waals surface area contributed by atoms with Gasteiger partial charge < -0.3 is 15.2 Å². The van der Waals surface area contributed by atoms with E-state index >= 15 is 0 Å². The van der Waals surface area contributed by atoms with E-state index in [9.17, 15) is 9.18 Å². The fourth-order valence-electron chi connectivity index (χ4n) is 2.25. The smallest absolute Gasteiger partial charge is 0.252 e.